The van der Waals surface area contributed by atoms with Crippen LogP contribution >= 0.6 is 0 Å². The van der Waals surface area contributed by atoms with Crippen molar-refractivity contribution in [2.45, 2.75) is 264 Å². The topological polar surface area (TPSA) is 140 Å². The third-order valence-electron chi connectivity index (χ3n) is 12.0. The van der Waals surface area contributed by atoms with E-state index in [0.29, 0.717) is 52.1 Å². The molecule has 0 aliphatic heterocycles. The Morgan fingerprint density at radius 3 is 0.869 bits per heavy atom. The van der Waals surface area contributed by atoms with Crippen molar-refractivity contribution in [3.63, 3.8) is 0 Å². The number of esters is 2. The number of carbonyl (C=O) groups is 2. The second-order valence-corrected chi connectivity index (χ2v) is 18.4. The molecule has 0 fully saturated rings. The van der Waals surface area contributed by atoms with Crippen LogP contribution in [0, 0.1) is 0 Å². The molecule has 0 aromatic heterocycles. The van der Waals surface area contributed by atoms with Gasteiger partial charge in [0.25, 0.3) is 0 Å². The standard InChI is InChI=1S/C51H102N2O8/c1-5-9-13-17-21-25-33-46(54)42-52(43-47(55)34-26-22-18-14-10-6-2)37-29-31-39-60-50(58)41-51(59)61-40-32-30-38-53(44-48(56)35-27-23-19-15-11-7-3)45-49(57)36-28-24-20-16-12-8-4/h46-49,54-57H,5-45H2,1-4H3. The number of aliphatic hydroxyl groups is 4. The zero-order chi connectivity index (χ0) is 45.0. The fourth-order valence-corrected chi connectivity index (χ4v) is 8.18. The molecule has 0 aliphatic rings. The van der Waals surface area contributed by atoms with Crippen LogP contribution in [0.4, 0.5) is 0 Å². The predicted octanol–water partition coefficient (Wildman–Crippen LogP) is 11.1. The molecule has 0 radical (unpaired) electrons. The number of hydrogen-bond donors (Lipinski definition) is 4. The van der Waals surface area contributed by atoms with E-state index >= 15 is 0 Å². The van der Waals surface area contributed by atoms with E-state index in [0.717, 1.165) is 89.9 Å². The SMILES string of the molecule is CCCCCCCCC(O)CN(CCCCOC(=O)CC(=O)OCCCCN(CC(O)CCCCCCCC)CC(O)CCCCCCCC)CC(O)CCCCCCCC. The molecule has 0 saturated heterocycles. The van der Waals surface area contributed by atoms with Gasteiger partial charge in [-0.2, -0.15) is 0 Å². The molecule has 4 unspecified atom stereocenters. The number of aliphatic hydroxyl groups excluding tert-OH is 4. The lowest BCUT2D eigenvalue weighted by Crippen LogP contribution is -2.38. The summed E-state index contributed by atoms with van der Waals surface area (Å²) in [4.78, 5) is 29.2. The Hall–Kier alpha value is -1.30. The number of hydrogen-bond acceptors (Lipinski definition) is 10. The largest absolute Gasteiger partial charge is 0.465 e. The van der Waals surface area contributed by atoms with Crippen LogP contribution in [-0.2, 0) is 19.1 Å². The maximum absolute atomic E-state index is 12.4. The molecular formula is C51H102N2O8. The molecule has 0 saturated carbocycles. The summed E-state index contributed by atoms with van der Waals surface area (Å²) in [7, 11) is 0. The highest BCUT2D eigenvalue weighted by atomic mass is 16.6. The van der Waals surface area contributed by atoms with Gasteiger partial charge in [-0.1, -0.05) is 182 Å². The van der Waals surface area contributed by atoms with Crippen molar-refractivity contribution in [2.24, 2.45) is 0 Å². The van der Waals surface area contributed by atoms with Crippen molar-refractivity contribution >= 4 is 11.9 Å². The Balaban J connectivity index is 4.63. The normalized spacial score (nSPS) is 13.8. The van der Waals surface area contributed by atoms with Gasteiger partial charge < -0.3 is 29.9 Å². The molecule has 0 aliphatic carbocycles. The second-order valence-electron chi connectivity index (χ2n) is 18.4. The Morgan fingerprint density at radius 2 is 0.607 bits per heavy atom. The van der Waals surface area contributed by atoms with Crippen molar-refractivity contribution < 1.29 is 39.5 Å². The van der Waals surface area contributed by atoms with Gasteiger partial charge in [0.2, 0.25) is 0 Å². The van der Waals surface area contributed by atoms with Crippen molar-refractivity contribution in [2.75, 3.05) is 52.5 Å². The van der Waals surface area contributed by atoms with Crippen LogP contribution in [0.2, 0.25) is 0 Å². The zero-order valence-electron chi connectivity index (χ0n) is 40.6. The first-order valence-electron chi connectivity index (χ1n) is 26.1. The maximum atomic E-state index is 12.4. The fourth-order valence-electron chi connectivity index (χ4n) is 8.18. The summed E-state index contributed by atoms with van der Waals surface area (Å²) in [6.07, 6.45) is 32.3. The average Bonchev–Trinajstić information content (AvgIpc) is 3.22. The first kappa shape index (κ1) is 59.7. The van der Waals surface area contributed by atoms with Gasteiger partial charge in [-0.25, -0.2) is 0 Å². The number of nitrogens with zero attached hydrogens (tertiary/aromatic N) is 2. The van der Waals surface area contributed by atoms with Crippen LogP contribution < -0.4 is 0 Å². The monoisotopic (exact) mass is 871 g/mol. The Kier molecular flexibility index (Phi) is 44.3. The molecule has 0 spiro atoms. The van der Waals surface area contributed by atoms with Gasteiger partial charge in [-0.05, 0) is 64.5 Å². The van der Waals surface area contributed by atoms with E-state index in [1.807, 2.05) is 0 Å². The lowest BCUT2D eigenvalue weighted by atomic mass is 10.1. The van der Waals surface area contributed by atoms with E-state index < -0.39 is 42.8 Å². The van der Waals surface area contributed by atoms with Gasteiger partial charge in [0.15, 0.2) is 0 Å². The van der Waals surface area contributed by atoms with Crippen molar-refractivity contribution in [1.29, 1.82) is 0 Å². The number of rotatable bonds is 48. The van der Waals surface area contributed by atoms with Gasteiger partial charge in [-0.3, -0.25) is 19.4 Å². The van der Waals surface area contributed by atoms with Crippen LogP contribution in [0.1, 0.15) is 240 Å². The van der Waals surface area contributed by atoms with E-state index in [1.165, 1.54) is 103 Å². The lowest BCUT2D eigenvalue weighted by Gasteiger charge is -2.27. The molecule has 10 heteroatoms. The summed E-state index contributed by atoms with van der Waals surface area (Å²) in [5, 5.41) is 43.3. The molecule has 364 valence electrons. The van der Waals surface area contributed by atoms with Crippen molar-refractivity contribution in [1.82, 2.24) is 9.80 Å². The summed E-state index contributed by atoms with van der Waals surface area (Å²) in [5.41, 5.74) is 0. The minimum absolute atomic E-state index is 0.214. The van der Waals surface area contributed by atoms with E-state index in [1.54, 1.807) is 0 Å². The minimum Gasteiger partial charge on any atom is -0.465 e. The third kappa shape index (κ3) is 42.4. The molecule has 61 heavy (non-hydrogen) atoms. The molecular weight excluding hydrogens is 769 g/mol. The summed E-state index contributed by atoms with van der Waals surface area (Å²) in [6.45, 7) is 12.9. The van der Waals surface area contributed by atoms with Crippen molar-refractivity contribution in [3.8, 4) is 0 Å². The molecule has 10 nitrogen and oxygen atoms in total. The Bertz CT molecular complexity index is 822. The number of ether oxygens (including phenoxy) is 2. The van der Waals surface area contributed by atoms with E-state index in [9.17, 15) is 30.0 Å². The quantitative estimate of drug-likeness (QED) is 0.0265. The van der Waals surface area contributed by atoms with Crippen LogP contribution in [0.15, 0.2) is 0 Å². The number of carbonyl (C=O) groups excluding carboxylic acids is 2. The molecule has 0 amide bonds. The van der Waals surface area contributed by atoms with E-state index in [4.69, 9.17) is 9.47 Å². The Morgan fingerprint density at radius 1 is 0.361 bits per heavy atom. The molecule has 0 heterocycles. The van der Waals surface area contributed by atoms with Gasteiger partial charge in [-0.15, -0.1) is 0 Å². The first-order valence-corrected chi connectivity index (χ1v) is 26.1. The third-order valence-corrected chi connectivity index (χ3v) is 12.0. The van der Waals surface area contributed by atoms with Crippen LogP contribution in [0.25, 0.3) is 0 Å². The van der Waals surface area contributed by atoms with Crippen molar-refractivity contribution in [3.05, 3.63) is 0 Å². The molecule has 4 atom stereocenters. The fraction of sp³-hybridized carbons (Fsp3) is 0.961. The minimum atomic E-state index is -0.588. The molecule has 0 aromatic carbocycles. The molecule has 0 aromatic rings. The van der Waals surface area contributed by atoms with Gasteiger partial charge in [0, 0.05) is 26.2 Å². The lowest BCUT2D eigenvalue weighted by molar-refractivity contribution is -0.154. The number of unbranched alkanes of at least 4 members (excludes halogenated alkanes) is 22. The van der Waals surface area contributed by atoms with E-state index in [-0.39, 0.29) is 13.2 Å². The van der Waals surface area contributed by atoms with Gasteiger partial charge in [0.1, 0.15) is 6.42 Å². The summed E-state index contributed by atoms with van der Waals surface area (Å²) < 4.78 is 10.7. The highest BCUT2D eigenvalue weighted by Crippen LogP contribution is 2.15. The predicted molar refractivity (Wildman–Crippen MR) is 254 cm³/mol. The molecule has 0 bridgehead atoms. The summed E-state index contributed by atoms with van der Waals surface area (Å²) >= 11 is 0. The van der Waals surface area contributed by atoms with Gasteiger partial charge in [0.05, 0.1) is 37.6 Å². The zero-order valence-corrected chi connectivity index (χ0v) is 40.6. The highest BCUT2D eigenvalue weighted by Gasteiger charge is 2.18. The van der Waals surface area contributed by atoms with E-state index in [2.05, 4.69) is 37.5 Å². The Labute approximate surface area is 376 Å². The van der Waals surface area contributed by atoms with Crippen LogP contribution in [-0.4, -0.2) is 119 Å². The second kappa shape index (κ2) is 45.3. The summed E-state index contributed by atoms with van der Waals surface area (Å²) in [6, 6.07) is 0. The maximum Gasteiger partial charge on any atom is 0.317 e. The smallest absolute Gasteiger partial charge is 0.317 e. The van der Waals surface area contributed by atoms with Crippen LogP contribution in [0.5, 0.6) is 0 Å². The molecule has 0 rings (SSSR count). The average molecular weight is 871 g/mol. The molecule has 4 N–H and O–H groups in total. The summed E-state index contributed by atoms with van der Waals surface area (Å²) in [5.74, 6) is -1.18. The first-order chi connectivity index (χ1) is 29.6. The van der Waals surface area contributed by atoms with Gasteiger partial charge >= 0.3 is 11.9 Å². The highest BCUT2D eigenvalue weighted by molar-refractivity contribution is 5.91. The van der Waals surface area contributed by atoms with Crippen LogP contribution in [0.3, 0.4) is 0 Å².